The summed E-state index contributed by atoms with van der Waals surface area (Å²) in [7, 11) is 1.77. The molecule has 4 rings (SSSR count). The Labute approximate surface area is 148 Å². The van der Waals surface area contributed by atoms with Crippen LogP contribution >= 0.6 is 0 Å². The largest absolute Gasteiger partial charge is 0.424 e. The Balaban J connectivity index is 1.66. The molecule has 0 spiro atoms. The van der Waals surface area contributed by atoms with Gasteiger partial charge < -0.3 is 14.5 Å². The Morgan fingerprint density at radius 3 is 2.96 bits per heavy atom. The van der Waals surface area contributed by atoms with Gasteiger partial charge in [0.05, 0.1) is 11.2 Å². The van der Waals surface area contributed by atoms with Crippen LogP contribution in [0, 0.1) is 6.92 Å². The van der Waals surface area contributed by atoms with Crippen LogP contribution in [-0.2, 0) is 11.8 Å². The van der Waals surface area contributed by atoms with Crippen LogP contribution in [0.2, 0.25) is 0 Å². The number of nitrogens with zero attached hydrogens (tertiary/aromatic N) is 3. The number of hydrogen-bond acceptors (Lipinski definition) is 6. The van der Waals surface area contributed by atoms with E-state index in [0.717, 1.165) is 18.4 Å². The summed E-state index contributed by atoms with van der Waals surface area (Å²) in [6.45, 7) is 2.37. The monoisotopic (exact) mass is 354 g/mol. The molecule has 0 saturated carbocycles. The van der Waals surface area contributed by atoms with E-state index in [1.54, 1.807) is 36.9 Å². The number of benzene rings is 1. The summed E-state index contributed by atoms with van der Waals surface area (Å²) in [6.07, 6.45) is 1.52. The lowest BCUT2D eigenvalue weighted by atomic mass is 10.1. The first-order chi connectivity index (χ1) is 12.5. The first-order valence-electron chi connectivity index (χ1n) is 8.40. The van der Waals surface area contributed by atoms with Gasteiger partial charge in [0.25, 0.3) is 5.91 Å². The summed E-state index contributed by atoms with van der Waals surface area (Å²) >= 11 is 0. The number of hydrogen-bond donors (Lipinski definition) is 1. The molecule has 1 aliphatic heterocycles. The van der Waals surface area contributed by atoms with Crippen molar-refractivity contribution in [2.24, 2.45) is 7.05 Å². The van der Waals surface area contributed by atoms with E-state index in [1.807, 2.05) is 6.07 Å². The summed E-state index contributed by atoms with van der Waals surface area (Å²) in [4.78, 5) is 25.1. The van der Waals surface area contributed by atoms with E-state index in [1.165, 1.54) is 0 Å². The molecule has 1 aromatic carbocycles. The molecule has 1 atom stereocenters. The Bertz CT molecular complexity index is 1050. The summed E-state index contributed by atoms with van der Waals surface area (Å²) < 4.78 is 12.5. The van der Waals surface area contributed by atoms with Gasteiger partial charge in [-0.2, -0.15) is 0 Å². The van der Waals surface area contributed by atoms with Gasteiger partial charge >= 0.3 is 5.63 Å². The molecule has 1 aliphatic rings. The van der Waals surface area contributed by atoms with Crippen molar-refractivity contribution in [3.63, 3.8) is 0 Å². The molecule has 134 valence electrons. The Kier molecular flexibility index (Phi) is 4.04. The number of carbonyl (C=O) groups excluding carboxylic acids is 1. The van der Waals surface area contributed by atoms with E-state index < -0.39 is 11.5 Å². The van der Waals surface area contributed by atoms with Crippen LogP contribution in [0.5, 0.6) is 0 Å². The number of fused-ring (bicyclic) bond motifs is 1. The SMILES string of the molecule is Cc1cc(C2CCCO2)oc(=O)c1C(=O)Nc1cccc2c1nnn2C. The first kappa shape index (κ1) is 16.5. The Morgan fingerprint density at radius 1 is 1.38 bits per heavy atom. The fraction of sp³-hybridized carbons (Fsp3) is 0.333. The lowest BCUT2D eigenvalue weighted by Gasteiger charge is -2.11. The number of aryl methyl sites for hydroxylation is 2. The van der Waals surface area contributed by atoms with E-state index in [-0.39, 0.29) is 11.7 Å². The van der Waals surface area contributed by atoms with Crippen LogP contribution < -0.4 is 10.9 Å². The number of carbonyl (C=O) groups is 1. The molecule has 1 fully saturated rings. The number of ether oxygens (including phenoxy) is 1. The van der Waals surface area contributed by atoms with Crippen LogP contribution in [0.4, 0.5) is 5.69 Å². The van der Waals surface area contributed by atoms with Crippen molar-refractivity contribution in [2.45, 2.75) is 25.9 Å². The lowest BCUT2D eigenvalue weighted by molar-refractivity contribution is 0.0895. The van der Waals surface area contributed by atoms with Crippen molar-refractivity contribution in [2.75, 3.05) is 11.9 Å². The Morgan fingerprint density at radius 2 is 2.23 bits per heavy atom. The highest BCUT2D eigenvalue weighted by molar-refractivity contribution is 6.08. The average Bonchev–Trinajstić information content (AvgIpc) is 3.25. The van der Waals surface area contributed by atoms with Gasteiger partial charge in [0.2, 0.25) is 0 Å². The van der Waals surface area contributed by atoms with Gasteiger partial charge in [-0.05, 0) is 43.5 Å². The van der Waals surface area contributed by atoms with Gasteiger partial charge in [-0.15, -0.1) is 5.10 Å². The summed E-state index contributed by atoms with van der Waals surface area (Å²) in [5.74, 6) is -0.0640. The van der Waals surface area contributed by atoms with E-state index in [2.05, 4.69) is 15.6 Å². The van der Waals surface area contributed by atoms with E-state index in [0.29, 0.717) is 29.1 Å². The highest BCUT2D eigenvalue weighted by Gasteiger charge is 2.24. The van der Waals surface area contributed by atoms with Crippen molar-refractivity contribution in [1.29, 1.82) is 0 Å². The molecule has 1 amide bonds. The number of aromatic nitrogens is 3. The quantitative estimate of drug-likeness (QED) is 0.775. The van der Waals surface area contributed by atoms with E-state index >= 15 is 0 Å². The van der Waals surface area contributed by atoms with E-state index in [9.17, 15) is 9.59 Å². The third-order valence-corrected chi connectivity index (χ3v) is 4.53. The standard InChI is InChI=1S/C18H18N4O4/c1-10-9-14(13-7-4-8-25-13)26-18(24)15(10)17(23)19-11-5-3-6-12-16(11)20-21-22(12)2/h3,5-6,9,13H,4,7-8H2,1-2H3,(H,19,23). The minimum atomic E-state index is -0.667. The second-order valence-corrected chi connectivity index (χ2v) is 6.34. The van der Waals surface area contributed by atoms with Gasteiger partial charge in [-0.3, -0.25) is 4.79 Å². The zero-order chi connectivity index (χ0) is 18.3. The smallest absolute Gasteiger partial charge is 0.349 e. The number of nitrogens with one attached hydrogen (secondary N) is 1. The molecule has 1 saturated heterocycles. The van der Waals surface area contributed by atoms with Crippen LogP contribution in [-0.4, -0.2) is 27.5 Å². The second kappa shape index (κ2) is 6.38. The predicted molar refractivity (Wildman–Crippen MR) is 94.1 cm³/mol. The van der Waals surface area contributed by atoms with Crippen molar-refractivity contribution >= 4 is 22.6 Å². The summed E-state index contributed by atoms with van der Waals surface area (Å²) in [5, 5.41) is 10.7. The van der Waals surface area contributed by atoms with Gasteiger partial charge in [-0.25, -0.2) is 9.48 Å². The van der Waals surface area contributed by atoms with Gasteiger partial charge in [0, 0.05) is 13.7 Å². The van der Waals surface area contributed by atoms with Crippen LogP contribution in [0.15, 0.2) is 33.5 Å². The van der Waals surface area contributed by atoms with Crippen LogP contribution in [0.3, 0.4) is 0 Å². The third kappa shape index (κ3) is 2.78. The highest BCUT2D eigenvalue weighted by atomic mass is 16.5. The molecule has 1 N–H and O–H groups in total. The number of amides is 1. The first-order valence-corrected chi connectivity index (χ1v) is 8.40. The van der Waals surface area contributed by atoms with Crippen molar-refractivity contribution in [1.82, 2.24) is 15.0 Å². The molecular weight excluding hydrogens is 336 g/mol. The summed E-state index contributed by atoms with van der Waals surface area (Å²) in [6, 6.07) is 7.06. The minimum Gasteiger partial charge on any atom is -0.424 e. The fourth-order valence-corrected chi connectivity index (χ4v) is 3.21. The van der Waals surface area contributed by atoms with Gasteiger partial charge in [0.15, 0.2) is 0 Å². The maximum atomic E-state index is 12.7. The van der Waals surface area contributed by atoms with Gasteiger partial charge in [0.1, 0.15) is 22.9 Å². The minimum absolute atomic E-state index is 0.0207. The van der Waals surface area contributed by atoms with Crippen LogP contribution in [0.1, 0.15) is 40.6 Å². The molecule has 3 aromatic rings. The molecule has 8 heteroatoms. The van der Waals surface area contributed by atoms with Crippen molar-refractivity contribution in [3.05, 3.63) is 51.6 Å². The molecule has 0 radical (unpaired) electrons. The molecule has 3 heterocycles. The molecule has 26 heavy (non-hydrogen) atoms. The number of anilines is 1. The molecule has 0 aliphatic carbocycles. The Hall–Kier alpha value is -3.00. The molecule has 1 unspecified atom stereocenters. The molecule has 0 bridgehead atoms. The zero-order valence-electron chi connectivity index (χ0n) is 14.5. The summed E-state index contributed by atoms with van der Waals surface area (Å²) in [5.41, 5.74) is 1.69. The average molecular weight is 354 g/mol. The van der Waals surface area contributed by atoms with E-state index in [4.69, 9.17) is 9.15 Å². The van der Waals surface area contributed by atoms with Crippen molar-refractivity contribution < 1.29 is 13.9 Å². The predicted octanol–water partition coefficient (Wildman–Crippen LogP) is 2.33. The zero-order valence-corrected chi connectivity index (χ0v) is 14.5. The highest BCUT2D eigenvalue weighted by Crippen LogP contribution is 2.28. The molecule has 8 nitrogen and oxygen atoms in total. The normalized spacial score (nSPS) is 16.9. The fourth-order valence-electron chi connectivity index (χ4n) is 3.21. The van der Waals surface area contributed by atoms with Crippen molar-refractivity contribution in [3.8, 4) is 0 Å². The maximum absolute atomic E-state index is 12.7. The molecular formula is C18H18N4O4. The third-order valence-electron chi connectivity index (χ3n) is 4.53. The topological polar surface area (TPSA) is 99.2 Å². The molecule has 2 aromatic heterocycles. The van der Waals surface area contributed by atoms with Crippen LogP contribution in [0.25, 0.3) is 11.0 Å². The van der Waals surface area contributed by atoms with Gasteiger partial charge in [-0.1, -0.05) is 11.3 Å². The lowest BCUT2D eigenvalue weighted by Crippen LogP contribution is -2.23. The second-order valence-electron chi connectivity index (χ2n) is 6.34. The maximum Gasteiger partial charge on any atom is 0.349 e. The number of rotatable bonds is 3.